The fourth-order valence-electron chi connectivity index (χ4n) is 2.61. The van der Waals surface area contributed by atoms with Gasteiger partial charge in [-0.2, -0.15) is 0 Å². The quantitative estimate of drug-likeness (QED) is 0.777. The molecule has 0 aromatic heterocycles. The summed E-state index contributed by atoms with van der Waals surface area (Å²) < 4.78 is 0.971. The van der Waals surface area contributed by atoms with E-state index in [1.807, 2.05) is 24.3 Å². The maximum atomic E-state index is 11.9. The molecule has 3 N–H and O–H groups in total. The van der Waals surface area contributed by atoms with E-state index >= 15 is 0 Å². The zero-order valence-corrected chi connectivity index (χ0v) is 13.2. The lowest BCUT2D eigenvalue weighted by atomic mass is 9.86. The number of urea groups is 1. The van der Waals surface area contributed by atoms with Crippen LogP contribution in [0, 0.1) is 5.92 Å². The molecule has 0 bridgehead atoms. The lowest BCUT2D eigenvalue weighted by Crippen LogP contribution is -2.44. The number of carboxylic acid groups (broad SMARTS) is 1. The molecule has 21 heavy (non-hydrogen) atoms. The van der Waals surface area contributed by atoms with Gasteiger partial charge in [-0.25, -0.2) is 4.79 Å². The van der Waals surface area contributed by atoms with Gasteiger partial charge in [0.2, 0.25) is 0 Å². The van der Waals surface area contributed by atoms with Crippen molar-refractivity contribution in [1.82, 2.24) is 10.6 Å². The van der Waals surface area contributed by atoms with Crippen molar-refractivity contribution < 1.29 is 14.7 Å². The van der Waals surface area contributed by atoms with Crippen LogP contribution in [0.3, 0.4) is 0 Å². The van der Waals surface area contributed by atoms with E-state index in [4.69, 9.17) is 5.11 Å². The van der Waals surface area contributed by atoms with Crippen molar-refractivity contribution in [2.75, 3.05) is 0 Å². The molecule has 2 amide bonds. The molecule has 0 heterocycles. The number of nitrogens with one attached hydrogen (secondary N) is 2. The summed E-state index contributed by atoms with van der Waals surface area (Å²) in [6.45, 7) is 0.445. The van der Waals surface area contributed by atoms with Crippen molar-refractivity contribution >= 4 is 27.9 Å². The standard InChI is InChI=1S/C15H19BrN2O3/c16-12-5-1-3-10(7-12)9-17-15(21)18-13-6-2-4-11(8-13)14(19)20/h1,3,5,7,11,13H,2,4,6,8-9H2,(H,19,20)(H2,17,18,21). The number of carbonyl (C=O) groups is 2. The van der Waals surface area contributed by atoms with Crippen molar-refractivity contribution in [2.24, 2.45) is 5.92 Å². The fraction of sp³-hybridized carbons (Fsp3) is 0.467. The number of carbonyl (C=O) groups excluding carboxylic acids is 1. The number of rotatable bonds is 4. The molecule has 1 aliphatic carbocycles. The van der Waals surface area contributed by atoms with Gasteiger partial charge < -0.3 is 15.7 Å². The molecule has 1 fully saturated rings. The molecule has 0 spiro atoms. The van der Waals surface area contributed by atoms with Gasteiger partial charge >= 0.3 is 12.0 Å². The van der Waals surface area contributed by atoms with E-state index in [1.54, 1.807) is 0 Å². The van der Waals surface area contributed by atoms with E-state index in [0.29, 0.717) is 19.4 Å². The third kappa shape index (κ3) is 5.04. The van der Waals surface area contributed by atoms with Crippen LogP contribution in [0.4, 0.5) is 4.79 Å². The first-order chi connectivity index (χ1) is 10.0. The highest BCUT2D eigenvalue weighted by atomic mass is 79.9. The van der Waals surface area contributed by atoms with Crippen LogP contribution in [0.15, 0.2) is 28.7 Å². The van der Waals surface area contributed by atoms with Gasteiger partial charge in [0.05, 0.1) is 5.92 Å². The summed E-state index contributed by atoms with van der Waals surface area (Å²) in [6.07, 6.45) is 2.90. The predicted octanol–water partition coefficient (Wildman–Crippen LogP) is 2.89. The second-order valence-corrected chi connectivity index (χ2v) is 6.27. The summed E-state index contributed by atoms with van der Waals surface area (Å²) in [5.41, 5.74) is 1.01. The Kier molecular flexibility index (Phi) is 5.61. The van der Waals surface area contributed by atoms with E-state index in [9.17, 15) is 9.59 Å². The van der Waals surface area contributed by atoms with Gasteiger partial charge in [-0.3, -0.25) is 4.79 Å². The number of benzene rings is 1. The van der Waals surface area contributed by atoms with E-state index in [2.05, 4.69) is 26.6 Å². The molecule has 1 saturated carbocycles. The summed E-state index contributed by atoms with van der Waals surface area (Å²) in [7, 11) is 0. The smallest absolute Gasteiger partial charge is 0.315 e. The number of hydrogen-bond donors (Lipinski definition) is 3. The molecule has 1 aromatic carbocycles. The van der Waals surface area contributed by atoms with Gasteiger partial charge in [-0.1, -0.05) is 34.5 Å². The van der Waals surface area contributed by atoms with Crippen molar-refractivity contribution in [3.63, 3.8) is 0 Å². The average Bonchev–Trinajstić information content (AvgIpc) is 2.45. The first kappa shape index (κ1) is 15.8. The Balaban J connectivity index is 1.78. The van der Waals surface area contributed by atoms with Crippen LogP contribution < -0.4 is 10.6 Å². The second-order valence-electron chi connectivity index (χ2n) is 5.36. The van der Waals surface area contributed by atoms with Gasteiger partial charge in [-0.15, -0.1) is 0 Å². The lowest BCUT2D eigenvalue weighted by Gasteiger charge is -2.27. The lowest BCUT2D eigenvalue weighted by molar-refractivity contribution is -0.143. The molecule has 2 unspecified atom stereocenters. The molecule has 0 radical (unpaired) electrons. The largest absolute Gasteiger partial charge is 0.481 e. The Morgan fingerprint density at radius 1 is 1.33 bits per heavy atom. The molecule has 2 rings (SSSR count). The van der Waals surface area contributed by atoms with Crippen LogP contribution in [0.25, 0.3) is 0 Å². The molecular formula is C15H19BrN2O3. The highest BCUT2D eigenvalue weighted by molar-refractivity contribution is 9.10. The molecule has 1 aromatic rings. The molecule has 0 saturated heterocycles. The van der Waals surface area contributed by atoms with Crippen molar-refractivity contribution in [2.45, 2.75) is 38.3 Å². The number of amides is 2. The van der Waals surface area contributed by atoms with E-state index in [0.717, 1.165) is 22.9 Å². The molecule has 6 heteroatoms. The average molecular weight is 355 g/mol. The van der Waals surface area contributed by atoms with E-state index in [-0.39, 0.29) is 18.0 Å². The molecule has 2 atom stereocenters. The van der Waals surface area contributed by atoms with Crippen molar-refractivity contribution in [3.8, 4) is 0 Å². The van der Waals surface area contributed by atoms with Gasteiger partial charge in [0.25, 0.3) is 0 Å². The minimum atomic E-state index is -0.768. The highest BCUT2D eigenvalue weighted by Gasteiger charge is 2.27. The predicted molar refractivity (Wildman–Crippen MR) is 82.9 cm³/mol. The molecular weight excluding hydrogens is 336 g/mol. The summed E-state index contributed by atoms with van der Waals surface area (Å²) in [6, 6.07) is 7.43. The first-order valence-electron chi connectivity index (χ1n) is 7.06. The third-order valence-electron chi connectivity index (χ3n) is 3.70. The SMILES string of the molecule is O=C(NCc1cccc(Br)c1)NC1CCCC(C(=O)O)C1. The topological polar surface area (TPSA) is 78.4 Å². The second kappa shape index (κ2) is 7.45. The van der Waals surface area contributed by atoms with Gasteiger partial charge in [0, 0.05) is 17.1 Å². The minimum absolute atomic E-state index is 0.0534. The Labute approximate surface area is 132 Å². The number of halogens is 1. The molecule has 114 valence electrons. The highest BCUT2D eigenvalue weighted by Crippen LogP contribution is 2.24. The molecule has 5 nitrogen and oxygen atoms in total. The Morgan fingerprint density at radius 2 is 2.14 bits per heavy atom. The fourth-order valence-corrected chi connectivity index (χ4v) is 3.06. The summed E-state index contributed by atoms with van der Waals surface area (Å²) in [5.74, 6) is -1.11. The third-order valence-corrected chi connectivity index (χ3v) is 4.19. The summed E-state index contributed by atoms with van der Waals surface area (Å²) in [4.78, 5) is 22.9. The number of carboxylic acids is 1. The number of aliphatic carboxylic acids is 1. The van der Waals surface area contributed by atoms with Crippen molar-refractivity contribution in [1.29, 1.82) is 0 Å². The maximum Gasteiger partial charge on any atom is 0.315 e. The van der Waals surface area contributed by atoms with Crippen LogP contribution in [0.2, 0.25) is 0 Å². The van der Waals surface area contributed by atoms with Crippen LogP contribution in [-0.4, -0.2) is 23.1 Å². The van der Waals surface area contributed by atoms with Gasteiger partial charge in [-0.05, 0) is 37.0 Å². The van der Waals surface area contributed by atoms with Crippen LogP contribution >= 0.6 is 15.9 Å². The van der Waals surface area contributed by atoms with Gasteiger partial charge in [0.15, 0.2) is 0 Å². The van der Waals surface area contributed by atoms with Crippen LogP contribution in [0.5, 0.6) is 0 Å². The Bertz CT molecular complexity index is 521. The molecule has 0 aliphatic heterocycles. The minimum Gasteiger partial charge on any atom is -0.481 e. The van der Waals surface area contributed by atoms with Crippen LogP contribution in [0.1, 0.15) is 31.2 Å². The van der Waals surface area contributed by atoms with Crippen molar-refractivity contribution in [3.05, 3.63) is 34.3 Å². The Hall–Kier alpha value is -1.56. The van der Waals surface area contributed by atoms with E-state index in [1.165, 1.54) is 0 Å². The zero-order chi connectivity index (χ0) is 15.2. The normalized spacial score (nSPS) is 21.6. The molecule has 1 aliphatic rings. The summed E-state index contributed by atoms with van der Waals surface area (Å²) >= 11 is 3.38. The Morgan fingerprint density at radius 3 is 2.86 bits per heavy atom. The monoisotopic (exact) mass is 354 g/mol. The summed E-state index contributed by atoms with van der Waals surface area (Å²) in [5, 5.41) is 14.7. The zero-order valence-electron chi connectivity index (χ0n) is 11.6. The van der Waals surface area contributed by atoms with Crippen LogP contribution in [-0.2, 0) is 11.3 Å². The van der Waals surface area contributed by atoms with E-state index < -0.39 is 5.97 Å². The van der Waals surface area contributed by atoms with Gasteiger partial charge in [0.1, 0.15) is 0 Å². The first-order valence-corrected chi connectivity index (χ1v) is 7.85. The number of hydrogen-bond acceptors (Lipinski definition) is 2. The maximum absolute atomic E-state index is 11.9.